The Morgan fingerprint density at radius 3 is 2.80 bits per heavy atom. The molecule has 4 nitrogen and oxygen atoms in total. The van der Waals surface area contributed by atoms with Crippen LogP contribution in [0.1, 0.15) is 29.3 Å². The lowest BCUT2D eigenvalue weighted by atomic mass is 9.95. The number of carbonyl (C=O) groups is 1. The lowest BCUT2D eigenvalue weighted by Crippen LogP contribution is -2.24. The second kappa shape index (κ2) is 4.89. The monoisotopic (exact) mass is 207 g/mol. The Bertz CT molecular complexity index is 359. The van der Waals surface area contributed by atoms with Gasteiger partial charge in [0.05, 0.1) is 5.56 Å². The van der Waals surface area contributed by atoms with Crippen molar-refractivity contribution in [2.24, 2.45) is 11.7 Å². The van der Waals surface area contributed by atoms with Gasteiger partial charge in [-0.3, -0.25) is 4.79 Å². The topological polar surface area (TPSA) is 82.0 Å². The van der Waals surface area contributed by atoms with E-state index >= 15 is 0 Å². The van der Waals surface area contributed by atoms with Gasteiger partial charge in [0.25, 0.3) is 0 Å². The van der Waals surface area contributed by atoms with Crippen LogP contribution in [0, 0.1) is 12.8 Å². The molecule has 0 aliphatic rings. The van der Waals surface area contributed by atoms with Crippen LogP contribution in [0.2, 0.25) is 0 Å². The molecule has 0 aliphatic heterocycles. The van der Waals surface area contributed by atoms with Gasteiger partial charge in [-0.05, 0) is 25.0 Å². The van der Waals surface area contributed by atoms with Crippen LogP contribution < -0.4 is 11.5 Å². The minimum Gasteiger partial charge on any atom is -0.383 e. The van der Waals surface area contributed by atoms with Gasteiger partial charge in [0.1, 0.15) is 5.82 Å². The number of carbonyl (C=O) groups excluding carboxylic acids is 1. The normalized spacial score (nSPS) is 12.5. The maximum atomic E-state index is 12.0. The SMILES string of the molecule is CCC(CN)C(=O)c1cc(C)cnc1N. The van der Waals surface area contributed by atoms with Crippen LogP contribution >= 0.6 is 0 Å². The molecule has 0 fully saturated rings. The highest BCUT2D eigenvalue weighted by Crippen LogP contribution is 2.17. The molecule has 0 saturated carbocycles. The summed E-state index contributed by atoms with van der Waals surface area (Å²) in [4.78, 5) is 15.9. The number of anilines is 1. The number of pyridine rings is 1. The fourth-order valence-corrected chi connectivity index (χ4v) is 1.46. The van der Waals surface area contributed by atoms with Crippen molar-refractivity contribution in [3.63, 3.8) is 0 Å². The van der Waals surface area contributed by atoms with Crippen molar-refractivity contribution in [3.8, 4) is 0 Å². The predicted octanol–water partition coefficient (Wildman–Crippen LogP) is 1.14. The van der Waals surface area contributed by atoms with Crippen LogP contribution in [0.3, 0.4) is 0 Å². The van der Waals surface area contributed by atoms with E-state index in [9.17, 15) is 4.79 Å². The van der Waals surface area contributed by atoms with Gasteiger partial charge in [0.2, 0.25) is 0 Å². The van der Waals surface area contributed by atoms with Crippen molar-refractivity contribution in [2.45, 2.75) is 20.3 Å². The van der Waals surface area contributed by atoms with Crippen molar-refractivity contribution < 1.29 is 4.79 Å². The zero-order chi connectivity index (χ0) is 11.4. The molecule has 82 valence electrons. The minimum absolute atomic E-state index is 0.00583. The number of Topliss-reactive ketones (excluding diaryl/α,β-unsaturated/α-hetero) is 1. The molecule has 1 rings (SSSR count). The van der Waals surface area contributed by atoms with E-state index in [0.717, 1.165) is 12.0 Å². The Hall–Kier alpha value is -1.42. The Kier molecular flexibility index (Phi) is 3.80. The molecule has 0 amide bonds. The molecule has 0 bridgehead atoms. The number of nitrogens with zero attached hydrogens (tertiary/aromatic N) is 1. The summed E-state index contributed by atoms with van der Waals surface area (Å²) in [6, 6.07) is 1.77. The number of nitrogen functional groups attached to an aromatic ring is 1. The summed E-state index contributed by atoms with van der Waals surface area (Å²) in [5.41, 5.74) is 12.6. The molecule has 0 aromatic carbocycles. The van der Waals surface area contributed by atoms with Gasteiger partial charge in [-0.1, -0.05) is 6.92 Å². The second-order valence-corrected chi connectivity index (χ2v) is 3.65. The third-order valence-electron chi connectivity index (χ3n) is 2.47. The van der Waals surface area contributed by atoms with Crippen molar-refractivity contribution in [1.29, 1.82) is 0 Å². The first-order valence-corrected chi connectivity index (χ1v) is 5.06. The molecular weight excluding hydrogens is 190 g/mol. The molecule has 1 heterocycles. The summed E-state index contributed by atoms with van der Waals surface area (Å²) in [5, 5.41) is 0. The first-order chi connectivity index (χ1) is 7.10. The van der Waals surface area contributed by atoms with Gasteiger partial charge in [0.15, 0.2) is 5.78 Å². The van der Waals surface area contributed by atoms with E-state index in [1.807, 2.05) is 13.8 Å². The van der Waals surface area contributed by atoms with Gasteiger partial charge in [-0.2, -0.15) is 0 Å². The number of nitrogens with two attached hydrogens (primary N) is 2. The van der Waals surface area contributed by atoms with Crippen LogP contribution in [-0.4, -0.2) is 17.3 Å². The fourth-order valence-electron chi connectivity index (χ4n) is 1.46. The zero-order valence-corrected chi connectivity index (χ0v) is 9.16. The molecule has 1 atom stereocenters. The molecule has 1 aromatic heterocycles. The van der Waals surface area contributed by atoms with Crippen LogP contribution in [0.25, 0.3) is 0 Å². The Morgan fingerprint density at radius 2 is 2.27 bits per heavy atom. The van der Waals surface area contributed by atoms with E-state index < -0.39 is 0 Å². The van der Waals surface area contributed by atoms with E-state index in [-0.39, 0.29) is 17.5 Å². The standard InChI is InChI=1S/C11H17N3O/c1-3-8(5-12)10(15)9-4-7(2)6-14-11(9)13/h4,6,8H,3,5,12H2,1-2H3,(H2,13,14). The molecule has 4 heteroatoms. The van der Waals surface area contributed by atoms with Gasteiger partial charge < -0.3 is 11.5 Å². The van der Waals surface area contributed by atoms with E-state index in [1.54, 1.807) is 12.3 Å². The second-order valence-electron chi connectivity index (χ2n) is 3.65. The lowest BCUT2D eigenvalue weighted by molar-refractivity contribution is 0.0922. The molecule has 1 aromatic rings. The van der Waals surface area contributed by atoms with Crippen LogP contribution in [0.4, 0.5) is 5.82 Å². The number of hydrogen-bond donors (Lipinski definition) is 2. The smallest absolute Gasteiger partial charge is 0.170 e. The number of aromatic nitrogens is 1. The summed E-state index contributed by atoms with van der Waals surface area (Å²) in [7, 11) is 0. The number of hydrogen-bond acceptors (Lipinski definition) is 4. The lowest BCUT2D eigenvalue weighted by Gasteiger charge is -2.12. The Balaban J connectivity index is 3.04. The number of aryl methyl sites for hydroxylation is 1. The fraction of sp³-hybridized carbons (Fsp3) is 0.455. The summed E-state index contributed by atoms with van der Waals surface area (Å²) in [5.74, 6) is 0.127. The van der Waals surface area contributed by atoms with Crippen molar-refractivity contribution in [3.05, 3.63) is 23.4 Å². The van der Waals surface area contributed by atoms with Crippen LogP contribution in [0.5, 0.6) is 0 Å². The quantitative estimate of drug-likeness (QED) is 0.725. The van der Waals surface area contributed by atoms with Gasteiger partial charge >= 0.3 is 0 Å². The zero-order valence-electron chi connectivity index (χ0n) is 9.16. The number of rotatable bonds is 4. The van der Waals surface area contributed by atoms with E-state index in [1.165, 1.54) is 0 Å². The minimum atomic E-state index is -0.157. The van der Waals surface area contributed by atoms with Crippen molar-refractivity contribution >= 4 is 11.6 Å². The highest BCUT2D eigenvalue weighted by molar-refractivity contribution is 6.01. The third kappa shape index (κ3) is 2.53. The molecule has 0 radical (unpaired) electrons. The molecule has 15 heavy (non-hydrogen) atoms. The summed E-state index contributed by atoms with van der Waals surface area (Å²) in [6.45, 7) is 4.17. The van der Waals surface area contributed by atoms with E-state index in [0.29, 0.717) is 12.1 Å². The Labute approximate surface area is 89.7 Å². The third-order valence-corrected chi connectivity index (χ3v) is 2.47. The van der Waals surface area contributed by atoms with E-state index in [2.05, 4.69) is 4.98 Å². The van der Waals surface area contributed by atoms with Crippen LogP contribution in [-0.2, 0) is 0 Å². The average Bonchev–Trinajstić information content (AvgIpc) is 2.23. The maximum Gasteiger partial charge on any atom is 0.170 e. The molecule has 0 spiro atoms. The summed E-state index contributed by atoms with van der Waals surface area (Å²) in [6.07, 6.45) is 2.37. The van der Waals surface area contributed by atoms with E-state index in [4.69, 9.17) is 11.5 Å². The molecule has 4 N–H and O–H groups in total. The van der Waals surface area contributed by atoms with Crippen LogP contribution in [0.15, 0.2) is 12.3 Å². The van der Waals surface area contributed by atoms with Gasteiger partial charge in [-0.15, -0.1) is 0 Å². The summed E-state index contributed by atoms with van der Waals surface area (Å²) < 4.78 is 0. The highest BCUT2D eigenvalue weighted by atomic mass is 16.1. The maximum absolute atomic E-state index is 12.0. The highest BCUT2D eigenvalue weighted by Gasteiger charge is 2.19. The molecule has 0 aliphatic carbocycles. The van der Waals surface area contributed by atoms with Gasteiger partial charge in [0, 0.05) is 18.7 Å². The first-order valence-electron chi connectivity index (χ1n) is 5.06. The largest absolute Gasteiger partial charge is 0.383 e. The first kappa shape index (κ1) is 11.7. The summed E-state index contributed by atoms with van der Waals surface area (Å²) >= 11 is 0. The van der Waals surface area contributed by atoms with Crippen molar-refractivity contribution in [1.82, 2.24) is 4.98 Å². The Morgan fingerprint density at radius 1 is 1.60 bits per heavy atom. The van der Waals surface area contributed by atoms with Gasteiger partial charge in [-0.25, -0.2) is 4.98 Å². The number of ketones is 1. The average molecular weight is 207 g/mol. The molecule has 0 saturated heterocycles. The molecule has 1 unspecified atom stereocenters. The molecular formula is C11H17N3O. The predicted molar refractivity (Wildman–Crippen MR) is 60.6 cm³/mol. The van der Waals surface area contributed by atoms with Crippen molar-refractivity contribution in [2.75, 3.05) is 12.3 Å².